The van der Waals surface area contributed by atoms with Gasteiger partial charge in [0, 0.05) is 32.2 Å². The van der Waals surface area contributed by atoms with Crippen molar-refractivity contribution in [1.29, 1.82) is 0 Å². The molecule has 0 radical (unpaired) electrons. The molecule has 2 aromatic heterocycles. The maximum atomic E-state index is 12.9. The van der Waals surface area contributed by atoms with Crippen molar-refractivity contribution in [2.45, 2.75) is 13.0 Å². The molecule has 6 nitrogen and oxygen atoms in total. The maximum absolute atomic E-state index is 12.9. The fourth-order valence-electron chi connectivity index (χ4n) is 3.55. The van der Waals surface area contributed by atoms with Gasteiger partial charge in [0.05, 0.1) is 16.1 Å². The van der Waals surface area contributed by atoms with Crippen LogP contribution in [0.25, 0.3) is 10.2 Å². The fraction of sp³-hybridized carbons (Fsp3) is 0.350. The predicted octanol–water partition coefficient (Wildman–Crippen LogP) is 3.52. The van der Waals surface area contributed by atoms with Crippen LogP contribution in [0.5, 0.6) is 0 Å². The zero-order valence-corrected chi connectivity index (χ0v) is 18.6. The Morgan fingerprint density at radius 2 is 1.76 bits per heavy atom. The van der Waals surface area contributed by atoms with E-state index in [1.54, 1.807) is 17.7 Å². The Bertz CT molecular complexity index is 931. The Morgan fingerprint density at radius 3 is 2.45 bits per heavy atom. The molecule has 1 aromatic carbocycles. The number of anilines is 1. The molecule has 2 atom stereocenters. The highest BCUT2D eigenvalue weighted by Gasteiger charge is 2.29. The molecule has 1 aliphatic rings. The summed E-state index contributed by atoms with van der Waals surface area (Å²) in [6.07, 6.45) is 1.61. The molecule has 1 fully saturated rings. The van der Waals surface area contributed by atoms with Gasteiger partial charge in [0.1, 0.15) is 12.1 Å². The monoisotopic (exact) mass is 453 g/mol. The van der Waals surface area contributed by atoms with Crippen molar-refractivity contribution in [3.63, 3.8) is 0 Å². The summed E-state index contributed by atoms with van der Waals surface area (Å²) in [6, 6.07) is 11.6. The number of nitrogens with two attached hydrogens (primary N) is 1. The molecule has 0 aliphatic carbocycles. The SMILES string of the molecule is CC(C(=O)N1CCN(c2ncnc3ccsc23)CC1)C(N)c1ccccc1.Cl.Cl. The van der Waals surface area contributed by atoms with Crippen molar-refractivity contribution < 1.29 is 4.79 Å². The molecular weight excluding hydrogens is 429 g/mol. The van der Waals surface area contributed by atoms with E-state index in [0.29, 0.717) is 13.1 Å². The van der Waals surface area contributed by atoms with Crippen LogP contribution in [-0.2, 0) is 4.79 Å². The van der Waals surface area contributed by atoms with Crippen LogP contribution in [0.1, 0.15) is 18.5 Å². The molecule has 156 valence electrons. The minimum Gasteiger partial charge on any atom is -0.352 e. The molecular formula is C20H25Cl2N5OS. The third-order valence-electron chi connectivity index (χ3n) is 5.23. The van der Waals surface area contributed by atoms with Gasteiger partial charge in [0.2, 0.25) is 5.91 Å². The van der Waals surface area contributed by atoms with Gasteiger partial charge in [0.25, 0.3) is 0 Å². The molecule has 2 N–H and O–H groups in total. The minimum absolute atomic E-state index is 0. The van der Waals surface area contributed by atoms with Crippen molar-refractivity contribution in [3.8, 4) is 0 Å². The second-order valence-corrected chi connectivity index (χ2v) is 7.79. The Balaban J connectivity index is 0.00000150. The summed E-state index contributed by atoms with van der Waals surface area (Å²) in [5.74, 6) is 0.841. The first kappa shape index (κ1) is 23.3. The largest absolute Gasteiger partial charge is 0.352 e. The van der Waals surface area contributed by atoms with Crippen molar-refractivity contribution in [1.82, 2.24) is 14.9 Å². The van der Waals surface area contributed by atoms with E-state index in [1.165, 1.54) is 0 Å². The average Bonchev–Trinajstić information content (AvgIpc) is 3.22. The molecule has 1 aliphatic heterocycles. The summed E-state index contributed by atoms with van der Waals surface area (Å²) in [6.45, 7) is 4.82. The Kier molecular flexibility index (Phi) is 8.22. The van der Waals surface area contributed by atoms with Crippen LogP contribution in [0.4, 0.5) is 5.82 Å². The lowest BCUT2D eigenvalue weighted by atomic mass is 9.94. The molecule has 0 spiro atoms. The first-order chi connectivity index (χ1) is 13.1. The van der Waals surface area contributed by atoms with Gasteiger partial charge in [-0.1, -0.05) is 37.3 Å². The van der Waals surface area contributed by atoms with Crippen LogP contribution in [0, 0.1) is 5.92 Å². The standard InChI is InChI=1S/C20H23N5OS.2ClH/c1-14(17(21)15-5-3-2-4-6-15)20(26)25-10-8-24(9-11-25)19-18-16(7-12-27-18)22-13-23-19;;/h2-7,12-14,17H,8-11,21H2,1H3;2*1H. The number of piperazine rings is 1. The van der Waals surface area contributed by atoms with Crippen LogP contribution in [0.2, 0.25) is 0 Å². The number of aromatic nitrogens is 2. The number of fused-ring (bicyclic) bond motifs is 1. The normalized spacial score (nSPS) is 15.9. The van der Waals surface area contributed by atoms with Gasteiger partial charge in [-0.25, -0.2) is 9.97 Å². The number of hydrogen-bond donors (Lipinski definition) is 1. The number of hydrogen-bond acceptors (Lipinski definition) is 6. The van der Waals surface area contributed by atoms with Gasteiger partial charge in [-0.3, -0.25) is 4.79 Å². The van der Waals surface area contributed by atoms with E-state index in [0.717, 1.165) is 34.7 Å². The van der Waals surface area contributed by atoms with E-state index in [4.69, 9.17) is 5.73 Å². The van der Waals surface area contributed by atoms with Crippen LogP contribution >= 0.6 is 36.2 Å². The number of rotatable bonds is 4. The van der Waals surface area contributed by atoms with Crippen molar-refractivity contribution in [2.75, 3.05) is 31.1 Å². The average molecular weight is 454 g/mol. The topological polar surface area (TPSA) is 75.4 Å². The van der Waals surface area contributed by atoms with E-state index in [1.807, 2.05) is 53.6 Å². The number of benzene rings is 1. The maximum Gasteiger partial charge on any atom is 0.227 e. The lowest BCUT2D eigenvalue weighted by Crippen LogP contribution is -2.51. The van der Waals surface area contributed by atoms with Crippen LogP contribution < -0.4 is 10.6 Å². The summed E-state index contributed by atoms with van der Waals surface area (Å²) in [5, 5.41) is 2.04. The molecule has 3 heterocycles. The van der Waals surface area contributed by atoms with Crippen molar-refractivity contribution in [2.24, 2.45) is 11.7 Å². The molecule has 1 amide bonds. The summed E-state index contributed by atoms with van der Waals surface area (Å²) >= 11 is 1.66. The van der Waals surface area contributed by atoms with E-state index in [2.05, 4.69) is 14.9 Å². The Hall–Kier alpha value is -1.93. The fourth-order valence-corrected chi connectivity index (χ4v) is 4.41. The predicted molar refractivity (Wildman–Crippen MR) is 123 cm³/mol. The molecule has 1 saturated heterocycles. The molecule has 0 saturated carbocycles. The highest BCUT2D eigenvalue weighted by molar-refractivity contribution is 7.17. The van der Waals surface area contributed by atoms with Crippen molar-refractivity contribution >= 4 is 58.1 Å². The number of amides is 1. The highest BCUT2D eigenvalue weighted by Crippen LogP contribution is 2.29. The number of halogens is 2. The third-order valence-corrected chi connectivity index (χ3v) is 6.13. The first-order valence-corrected chi connectivity index (χ1v) is 10.1. The van der Waals surface area contributed by atoms with E-state index < -0.39 is 0 Å². The van der Waals surface area contributed by atoms with Crippen LogP contribution in [0.15, 0.2) is 48.1 Å². The van der Waals surface area contributed by atoms with E-state index >= 15 is 0 Å². The number of nitrogens with zero attached hydrogens (tertiary/aromatic N) is 4. The molecule has 3 aromatic rings. The molecule has 0 bridgehead atoms. The zero-order valence-electron chi connectivity index (χ0n) is 16.1. The van der Waals surface area contributed by atoms with Crippen LogP contribution in [-0.4, -0.2) is 47.0 Å². The van der Waals surface area contributed by atoms with Gasteiger partial charge in [-0.15, -0.1) is 36.2 Å². The number of thiophene rings is 1. The first-order valence-electron chi connectivity index (χ1n) is 9.17. The quantitative estimate of drug-likeness (QED) is 0.653. The smallest absolute Gasteiger partial charge is 0.227 e. The molecule has 29 heavy (non-hydrogen) atoms. The van der Waals surface area contributed by atoms with E-state index in [9.17, 15) is 4.79 Å². The minimum atomic E-state index is -0.288. The van der Waals surface area contributed by atoms with Crippen molar-refractivity contribution in [3.05, 3.63) is 53.7 Å². The van der Waals surface area contributed by atoms with E-state index in [-0.39, 0.29) is 42.7 Å². The van der Waals surface area contributed by atoms with Gasteiger partial charge in [0.15, 0.2) is 0 Å². The Morgan fingerprint density at radius 1 is 1.07 bits per heavy atom. The Labute approximate surface area is 186 Å². The number of carbonyl (C=O) groups excluding carboxylic acids is 1. The number of carbonyl (C=O) groups is 1. The summed E-state index contributed by atoms with van der Waals surface area (Å²) in [5.41, 5.74) is 8.32. The molecule has 9 heteroatoms. The lowest BCUT2D eigenvalue weighted by Gasteiger charge is -2.37. The highest BCUT2D eigenvalue weighted by atomic mass is 35.5. The molecule has 4 rings (SSSR count). The van der Waals surface area contributed by atoms with Gasteiger partial charge >= 0.3 is 0 Å². The van der Waals surface area contributed by atoms with Crippen LogP contribution in [0.3, 0.4) is 0 Å². The summed E-state index contributed by atoms with van der Waals surface area (Å²) < 4.78 is 1.11. The second kappa shape index (κ2) is 10.2. The summed E-state index contributed by atoms with van der Waals surface area (Å²) in [7, 11) is 0. The summed E-state index contributed by atoms with van der Waals surface area (Å²) in [4.78, 5) is 25.9. The second-order valence-electron chi connectivity index (χ2n) is 6.87. The van der Waals surface area contributed by atoms with Gasteiger partial charge in [-0.2, -0.15) is 0 Å². The third kappa shape index (κ3) is 4.80. The lowest BCUT2D eigenvalue weighted by molar-refractivity contribution is -0.136. The zero-order chi connectivity index (χ0) is 18.8. The molecule has 2 unspecified atom stereocenters. The van der Waals surface area contributed by atoms with Gasteiger partial charge < -0.3 is 15.5 Å². The van der Waals surface area contributed by atoms with Gasteiger partial charge in [-0.05, 0) is 17.0 Å².